The third kappa shape index (κ3) is 13.9. The second kappa shape index (κ2) is 20.0. The number of fused-ring (bicyclic) bond motifs is 3. The summed E-state index contributed by atoms with van der Waals surface area (Å²) in [5, 5.41) is 0. The van der Waals surface area contributed by atoms with E-state index in [-0.39, 0.29) is 71.3 Å². The van der Waals surface area contributed by atoms with Crippen molar-refractivity contribution >= 4 is 45.3 Å². The molecule has 0 spiro atoms. The number of ether oxygens (including phenoxy) is 2. The number of rotatable bonds is 11. The fourth-order valence-corrected chi connectivity index (χ4v) is 9.08. The smallest absolute Gasteiger partial charge is 0.307 e. The zero-order valence-electron chi connectivity index (χ0n) is 36.6. The van der Waals surface area contributed by atoms with Crippen LogP contribution in [0.25, 0.3) is 0 Å². The number of carbonyl (C=O) groups is 5. The zero-order valence-corrected chi connectivity index (χ0v) is 37.4. The summed E-state index contributed by atoms with van der Waals surface area (Å²) in [5.41, 5.74) is -1.03. The van der Waals surface area contributed by atoms with E-state index in [0.29, 0.717) is 31.9 Å². The first-order valence-electron chi connectivity index (χ1n) is 21.1. The standard InChI is InChI=1S/C33H51NO7.C10H20N2O3S/c1-20-23(18-27(37)41-32(2,3)4)31(39)34-19-24-28(33(24,5)6)29(34)25(35)17-22(12-10-8-7-9-11-15-40-20)30(38)26(36)16-21-13-14-21;1-6-16(14,15)12(5)7-9(11-8-13)10(2,3)4/h20-24,28-29H,7-19H2,1-6H3;9H,6-7H2,1-5H3/t20-,22+,23-,24-,28-,29+;9-/m01/s1. The minimum atomic E-state index is -3.23. The van der Waals surface area contributed by atoms with Crippen LogP contribution in [0.15, 0.2) is 4.99 Å². The number of piperidine rings is 1. The van der Waals surface area contributed by atoms with Crippen LogP contribution in [0.3, 0.4) is 0 Å². The van der Waals surface area contributed by atoms with E-state index in [1.54, 1.807) is 32.6 Å². The average molecular weight is 822 g/mol. The molecule has 2 aliphatic heterocycles. The molecular formula is C43H71N3O10S. The van der Waals surface area contributed by atoms with Gasteiger partial charge in [0.1, 0.15) is 5.60 Å². The Morgan fingerprint density at radius 3 is 2.18 bits per heavy atom. The molecular weight excluding hydrogens is 751 g/mol. The summed E-state index contributed by atoms with van der Waals surface area (Å²) in [6.45, 7) is 19.9. The van der Waals surface area contributed by atoms with Gasteiger partial charge in [0, 0.05) is 45.5 Å². The summed E-state index contributed by atoms with van der Waals surface area (Å²) >= 11 is 0. The number of esters is 1. The Hall–Kier alpha value is -2.80. The first-order valence-corrected chi connectivity index (χ1v) is 22.7. The van der Waals surface area contributed by atoms with Gasteiger partial charge < -0.3 is 14.4 Å². The molecule has 0 radical (unpaired) electrons. The highest BCUT2D eigenvalue weighted by Gasteiger charge is 2.69. The molecule has 57 heavy (non-hydrogen) atoms. The Balaban J connectivity index is 0.000000460. The minimum Gasteiger partial charge on any atom is -0.460 e. The van der Waals surface area contributed by atoms with Gasteiger partial charge in [-0.1, -0.05) is 60.3 Å². The maximum absolute atomic E-state index is 14.2. The number of hydrogen-bond donors (Lipinski definition) is 0. The number of ketones is 3. The highest BCUT2D eigenvalue weighted by Crippen LogP contribution is 2.65. The second-order valence-electron chi connectivity index (χ2n) is 19.5. The predicted molar refractivity (Wildman–Crippen MR) is 217 cm³/mol. The van der Waals surface area contributed by atoms with Crippen LogP contribution in [0.5, 0.6) is 0 Å². The Morgan fingerprint density at radius 2 is 1.61 bits per heavy atom. The van der Waals surface area contributed by atoms with Crippen molar-refractivity contribution in [2.45, 2.75) is 164 Å². The van der Waals surface area contributed by atoms with Gasteiger partial charge in [0.05, 0.1) is 36.3 Å². The predicted octanol–water partition coefficient (Wildman–Crippen LogP) is 6.11. The van der Waals surface area contributed by atoms with Crippen LogP contribution in [-0.2, 0) is 48.3 Å². The quantitative estimate of drug-likeness (QED) is 0.102. The van der Waals surface area contributed by atoms with E-state index in [1.165, 1.54) is 17.4 Å². The largest absolute Gasteiger partial charge is 0.460 e. The molecule has 7 atom stereocenters. The number of isocyanates is 1. The molecule has 0 N–H and O–H groups in total. The fourth-order valence-electron chi connectivity index (χ4n) is 8.27. The molecule has 14 heteroatoms. The topological polar surface area (TPSA) is 174 Å². The van der Waals surface area contributed by atoms with Crippen LogP contribution in [0.1, 0.15) is 140 Å². The fraction of sp³-hybridized carbons (Fsp3) is 0.860. The van der Waals surface area contributed by atoms with Gasteiger partial charge in [0.15, 0.2) is 11.6 Å². The number of Topliss-reactive ketones (excluding diaryl/α,β-unsaturated/α-hetero) is 3. The van der Waals surface area contributed by atoms with Crippen molar-refractivity contribution in [1.82, 2.24) is 9.21 Å². The molecule has 0 unspecified atom stereocenters. The van der Waals surface area contributed by atoms with Crippen LogP contribution in [0, 0.1) is 40.4 Å². The first-order chi connectivity index (χ1) is 26.3. The molecule has 0 bridgehead atoms. The molecule has 0 aromatic carbocycles. The molecule has 4 rings (SSSR count). The van der Waals surface area contributed by atoms with Gasteiger partial charge in [-0.25, -0.2) is 22.5 Å². The molecule has 2 saturated heterocycles. The van der Waals surface area contributed by atoms with E-state index in [0.717, 1.165) is 44.9 Å². The van der Waals surface area contributed by atoms with Gasteiger partial charge in [-0.2, -0.15) is 0 Å². The summed E-state index contributed by atoms with van der Waals surface area (Å²) in [6, 6.07) is -1.03. The van der Waals surface area contributed by atoms with E-state index < -0.39 is 51.4 Å². The summed E-state index contributed by atoms with van der Waals surface area (Å²) in [4.78, 5) is 82.9. The number of amides is 1. The van der Waals surface area contributed by atoms with Gasteiger partial charge in [0.25, 0.3) is 0 Å². The minimum absolute atomic E-state index is 0.00816. The van der Waals surface area contributed by atoms with Gasteiger partial charge in [-0.3, -0.25) is 24.0 Å². The van der Waals surface area contributed by atoms with Gasteiger partial charge in [-0.15, -0.1) is 0 Å². The van der Waals surface area contributed by atoms with Crippen LogP contribution in [-0.4, -0.2) is 109 Å². The Morgan fingerprint density at radius 1 is 1.00 bits per heavy atom. The summed E-state index contributed by atoms with van der Waals surface area (Å²) in [6.07, 6.45) is 8.13. The number of carbonyl (C=O) groups excluding carboxylic acids is 6. The third-order valence-corrected chi connectivity index (χ3v) is 14.2. The Bertz CT molecular complexity index is 1600. The maximum atomic E-state index is 14.2. The van der Waals surface area contributed by atoms with Crippen LogP contribution >= 0.6 is 0 Å². The Kier molecular flexibility index (Phi) is 17.0. The lowest BCUT2D eigenvalue weighted by Crippen LogP contribution is -2.51. The number of hydrogen-bond acceptors (Lipinski definition) is 11. The second-order valence-corrected chi connectivity index (χ2v) is 21.9. The van der Waals surface area contributed by atoms with Crippen molar-refractivity contribution in [2.75, 3.05) is 32.5 Å². The van der Waals surface area contributed by atoms with E-state index in [9.17, 15) is 37.2 Å². The lowest BCUT2D eigenvalue weighted by atomic mass is 9.85. The van der Waals surface area contributed by atoms with E-state index in [4.69, 9.17) is 9.47 Å². The molecule has 2 saturated carbocycles. The molecule has 2 heterocycles. The van der Waals surface area contributed by atoms with Crippen molar-refractivity contribution in [3.8, 4) is 0 Å². The molecule has 1 amide bonds. The monoisotopic (exact) mass is 821 g/mol. The zero-order chi connectivity index (χ0) is 43.1. The molecule has 0 aromatic heterocycles. The number of aliphatic imine (C=N–C) groups is 1. The number of sulfonamides is 1. The van der Waals surface area contributed by atoms with Crippen molar-refractivity contribution < 1.29 is 46.7 Å². The molecule has 13 nitrogen and oxygen atoms in total. The van der Waals surface area contributed by atoms with Crippen molar-refractivity contribution in [1.29, 1.82) is 0 Å². The van der Waals surface area contributed by atoms with E-state index >= 15 is 0 Å². The van der Waals surface area contributed by atoms with E-state index in [2.05, 4.69) is 18.8 Å². The van der Waals surface area contributed by atoms with Gasteiger partial charge in [0.2, 0.25) is 27.8 Å². The lowest BCUT2D eigenvalue weighted by molar-refractivity contribution is -0.162. The number of likely N-dealkylation sites (N-methyl/N-ethyl adjacent to an activating group) is 1. The van der Waals surface area contributed by atoms with E-state index in [1.807, 2.05) is 27.7 Å². The molecule has 4 fully saturated rings. The maximum Gasteiger partial charge on any atom is 0.307 e. The SMILES string of the molecule is CCS(=O)(=O)N(C)C[C@@H](N=C=O)C(C)(C)C.C[C@@H]1OCCCCCCC[C@@H](C(=O)C(=O)CC2CC2)CC(=O)[C@@H]2[C@@H]3[C@H](CN2C(=O)[C@H]1CC(=O)OC(C)(C)C)C3(C)C. The van der Waals surface area contributed by atoms with Gasteiger partial charge in [-0.05, 0) is 88.9 Å². The molecule has 2 aliphatic carbocycles. The Labute approximate surface area is 341 Å². The summed E-state index contributed by atoms with van der Waals surface area (Å²) < 4.78 is 36.0. The molecule has 324 valence electrons. The van der Waals surface area contributed by atoms with Crippen LogP contribution < -0.4 is 0 Å². The molecule has 4 aliphatic rings. The highest BCUT2D eigenvalue weighted by atomic mass is 32.2. The van der Waals surface area contributed by atoms with Crippen molar-refractivity contribution in [3.05, 3.63) is 0 Å². The van der Waals surface area contributed by atoms with Gasteiger partial charge >= 0.3 is 5.97 Å². The van der Waals surface area contributed by atoms with Crippen LogP contribution in [0.4, 0.5) is 0 Å². The van der Waals surface area contributed by atoms with Crippen LogP contribution in [0.2, 0.25) is 0 Å². The first kappa shape index (κ1) is 48.6. The normalized spacial score (nSPS) is 27.9. The lowest BCUT2D eigenvalue weighted by Gasteiger charge is -2.35. The summed E-state index contributed by atoms with van der Waals surface area (Å²) in [7, 11) is -1.73. The molecule has 0 aromatic rings. The summed E-state index contributed by atoms with van der Waals surface area (Å²) in [5.74, 6) is -2.44. The van der Waals surface area contributed by atoms with Crippen molar-refractivity contribution in [2.24, 2.45) is 45.4 Å². The average Bonchev–Trinajstić information content (AvgIpc) is 3.96. The highest BCUT2D eigenvalue weighted by molar-refractivity contribution is 7.89. The third-order valence-electron chi connectivity index (χ3n) is 12.3. The number of nitrogens with zero attached hydrogens (tertiary/aromatic N) is 3. The van der Waals surface area contributed by atoms with Crippen molar-refractivity contribution in [3.63, 3.8) is 0 Å².